The van der Waals surface area contributed by atoms with E-state index in [1.54, 1.807) is 0 Å². The molecule has 0 amide bonds. The summed E-state index contributed by atoms with van der Waals surface area (Å²) in [5.74, 6) is 0.828. The van der Waals surface area contributed by atoms with Gasteiger partial charge in [0.15, 0.2) is 0 Å². The largest absolute Gasteiger partial charge is 0.281 e. The highest BCUT2D eigenvalue weighted by molar-refractivity contribution is 8.30. The average molecular weight is 163 g/mol. The van der Waals surface area contributed by atoms with Crippen LogP contribution in [0.3, 0.4) is 0 Å². The Kier molecular flexibility index (Phi) is 4.37. The van der Waals surface area contributed by atoms with Crippen molar-refractivity contribution in [2.45, 2.75) is 20.3 Å². The van der Waals surface area contributed by atoms with E-state index in [-0.39, 0.29) is 0 Å². The second kappa shape index (κ2) is 4.24. The van der Waals surface area contributed by atoms with E-state index in [9.17, 15) is 0 Å². The molecule has 0 aliphatic rings. The lowest BCUT2D eigenvalue weighted by Crippen LogP contribution is -2.19. The van der Waals surface area contributed by atoms with E-state index in [0.717, 1.165) is 5.92 Å². The minimum Gasteiger partial charge on any atom is -0.281 e. The van der Waals surface area contributed by atoms with Gasteiger partial charge in [0.2, 0.25) is 0 Å². The summed E-state index contributed by atoms with van der Waals surface area (Å²) in [6, 6.07) is 0. The van der Waals surface area contributed by atoms with Crippen molar-refractivity contribution in [1.82, 2.24) is 4.72 Å². The van der Waals surface area contributed by atoms with E-state index in [0.29, 0.717) is 0 Å². The van der Waals surface area contributed by atoms with Gasteiger partial charge in [0, 0.05) is 6.54 Å². The lowest BCUT2D eigenvalue weighted by molar-refractivity contribution is 0.584. The van der Waals surface area contributed by atoms with Gasteiger partial charge in [-0.15, -0.1) is 0 Å². The molecule has 0 saturated heterocycles. The molecule has 0 bridgehead atoms. The molecule has 0 aromatic rings. The molecular formula is C8H21NS. The molecule has 0 aliphatic carbocycles. The molecule has 0 heterocycles. The summed E-state index contributed by atoms with van der Waals surface area (Å²) in [4.78, 5) is 0. The lowest BCUT2D eigenvalue weighted by Gasteiger charge is -2.27. The summed E-state index contributed by atoms with van der Waals surface area (Å²) in [6.07, 6.45) is 8.15. The SMILES string of the molecule is CC(C)CCNS(C)(C)C. The van der Waals surface area contributed by atoms with Crippen LogP contribution in [0.5, 0.6) is 0 Å². The Bertz CT molecular complexity index is 83.7. The fourth-order valence-corrected chi connectivity index (χ4v) is 1.38. The van der Waals surface area contributed by atoms with Gasteiger partial charge in [0.05, 0.1) is 0 Å². The zero-order chi connectivity index (χ0) is 8.20. The molecule has 64 valence electrons. The molecule has 0 aromatic carbocycles. The summed E-state index contributed by atoms with van der Waals surface area (Å²) in [5.41, 5.74) is 0. The lowest BCUT2D eigenvalue weighted by atomic mass is 10.1. The molecule has 0 fully saturated rings. The Labute approximate surface area is 67.0 Å². The first-order valence-electron chi connectivity index (χ1n) is 3.85. The van der Waals surface area contributed by atoms with E-state index in [2.05, 4.69) is 37.3 Å². The van der Waals surface area contributed by atoms with Crippen LogP contribution in [0.4, 0.5) is 0 Å². The van der Waals surface area contributed by atoms with E-state index >= 15 is 0 Å². The van der Waals surface area contributed by atoms with Gasteiger partial charge in [0.25, 0.3) is 0 Å². The minimum absolute atomic E-state index is 0.470. The van der Waals surface area contributed by atoms with E-state index in [1.165, 1.54) is 13.0 Å². The van der Waals surface area contributed by atoms with Gasteiger partial charge in [-0.2, -0.15) is 10.2 Å². The molecule has 2 heteroatoms. The summed E-state index contributed by atoms with van der Waals surface area (Å²) in [7, 11) is -0.470. The normalized spacial score (nSPS) is 14.2. The van der Waals surface area contributed by atoms with Crippen LogP contribution in [0.2, 0.25) is 0 Å². The second-order valence-electron chi connectivity index (χ2n) is 3.91. The van der Waals surface area contributed by atoms with Crippen molar-refractivity contribution in [1.29, 1.82) is 0 Å². The van der Waals surface area contributed by atoms with Crippen LogP contribution < -0.4 is 4.72 Å². The van der Waals surface area contributed by atoms with Crippen molar-refractivity contribution in [2.75, 3.05) is 25.3 Å². The Hall–Kier alpha value is 0.310. The Balaban J connectivity index is 3.21. The zero-order valence-corrected chi connectivity index (χ0v) is 8.72. The standard InChI is InChI=1S/C8H21NS/c1-8(2)6-7-9-10(3,4)5/h8-9H,6-7H2,1-5H3. The van der Waals surface area contributed by atoms with Gasteiger partial charge in [-0.1, -0.05) is 13.8 Å². The van der Waals surface area contributed by atoms with Crippen LogP contribution in [0.15, 0.2) is 0 Å². The van der Waals surface area contributed by atoms with Crippen molar-refractivity contribution >= 4 is 10.2 Å². The monoisotopic (exact) mass is 163 g/mol. The number of nitrogens with one attached hydrogen (secondary N) is 1. The van der Waals surface area contributed by atoms with Crippen LogP contribution in [0.1, 0.15) is 20.3 Å². The highest BCUT2D eigenvalue weighted by Crippen LogP contribution is 2.28. The maximum absolute atomic E-state index is 3.54. The molecule has 0 rings (SSSR count). The molecule has 0 saturated carbocycles. The minimum atomic E-state index is -0.470. The van der Waals surface area contributed by atoms with E-state index in [1.807, 2.05) is 0 Å². The van der Waals surface area contributed by atoms with Crippen molar-refractivity contribution in [3.63, 3.8) is 0 Å². The van der Waals surface area contributed by atoms with Crippen LogP contribution in [0.25, 0.3) is 0 Å². The predicted octanol–water partition coefficient (Wildman–Crippen LogP) is 2.23. The van der Waals surface area contributed by atoms with Gasteiger partial charge in [0.1, 0.15) is 0 Å². The highest BCUT2D eigenvalue weighted by Gasteiger charge is 2.01. The average Bonchev–Trinajstić information content (AvgIpc) is 1.59. The van der Waals surface area contributed by atoms with Crippen LogP contribution in [-0.4, -0.2) is 25.3 Å². The molecule has 10 heavy (non-hydrogen) atoms. The first-order chi connectivity index (χ1) is 4.42. The molecule has 0 spiro atoms. The summed E-state index contributed by atoms with van der Waals surface area (Å²) < 4.78 is 3.54. The smallest absolute Gasteiger partial charge is 0.00457 e. The second-order valence-corrected chi connectivity index (χ2v) is 7.88. The van der Waals surface area contributed by atoms with Crippen molar-refractivity contribution in [3.05, 3.63) is 0 Å². The third-order valence-electron chi connectivity index (χ3n) is 1.26. The topological polar surface area (TPSA) is 12.0 Å². The molecule has 0 atom stereocenters. The van der Waals surface area contributed by atoms with E-state index < -0.39 is 10.2 Å². The van der Waals surface area contributed by atoms with Crippen LogP contribution in [-0.2, 0) is 0 Å². The number of hydrogen-bond acceptors (Lipinski definition) is 1. The molecule has 0 aliphatic heterocycles. The van der Waals surface area contributed by atoms with Gasteiger partial charge in [-0.3, -0.25) is 4.72 Å². The Morgan fingerprint density at radius 1 is 1.20 bits per heavy atom. The number of rotatable bonds is 4. The van der Waals surface area contributed by atoms with Gasteiger partial charge in [-0.25, -0.2) is 0 Å². The summed E-state index contributed by atoms with van der Waals surface area (Å²) >= 11 is 0. The van der Waals surface area contributed by atoms with Gasteiger partial charge in [-0.05, 0) is 31.1 Å². The summed E-state index contributed by atoms with van der Waals surface area (Å²) in [6.45, 7) is 5.70. The molecular weight excluding hydrogens is 142 g/mol. The molecule has 0 aromatic heterocycles. The highest BCUT2D eigenvalue weighted by atomic mass is 32.3. The molecule has 1 N–H and O–H groups in total. The quantitative estimate of drug-likeness (QED) is 0.670. The zero-order valence-electron chi connectivity index (χ0n) is 7.90. The molecule has 0 unspecified atom stereocenters. The molecule has 0 radical (unpaired) electrons. The first kappa shape index (κ1) is 10.3. The third-order valence-corrected chi connectivity index (χ3v) is 2.33. The van der Waals surface area contributed by atoms with Crippen molar-refractivity contribution < 1.29 is 0 Å². The first-order valence-corrected chi connectivity index (χ1v) is 6.70. The third kappa shape index (κ3) is 8.31. The van der Waals surface area contributed by atoms with Crippen molar-refractivity contribution in [3.8, 4) is 0 Å². The number of hydrogen-bond donors (Lipinski definition) is 1. The fourth-order valence-electron chi connectivity index (χ4n) is 0.654. The molecule has 1 nitrogen and oxygen atoms in total. The Morgan fingerprint density at radius 3 is 2.00 bits per heavy atom. The maximum atomic E-state index is 3.54. The maximum Gasteiger partial charge on any atom is 0.00457 e. The van der Waals surface area contributed by atoms with Crippen LogP contribution >= 0.6 is 10.2 Å². The fraction of sp³-hybridized carbons (Fsp3) is 1.00. The van der Waals surface area contributed by atoms with Crippen LogP contribution in [0, 0.1) is 5.92 Å². The van der Waals surface area contributed by atoms with E-state index in [4.69, 9.17) is 0 Å². The summed E-state index contributed by atoms with van der Waals surface area (Å²) in [5, 5.41) is 0. The van der Waals surface area contributed by atoms with Gasteiger partial charge >= 0.3 is 0 Å². The Morgan fingerprint density at radius 2 is 1.70 bits per heavy atom. The predicted molar refractivity (Wildman–Crippen MR) is 52.8 cm³/mol. The van der Waals surface area contributed by atoms with Gasteiger partial charge < -0.3 is 0 Å². The van der Waals surface area contributed by atoms with Crippen molar-refractivity contribution in [2.24, 2.45) is 5.92 Å².